The first kappa shape index (κ1) is 10.7. The van der Waals surface area contributed by atoms with Crippen LogP contribution in [0.2, 0.25) is 0 Å². The van der Waals surface area contributed by atoms with Crippen LogP contribution in [0.4, 0.5) is 4.79 Å². The molecule has 1 rings (SSSR count). The van der Waals surface area contributed by atoms with Crippen LogP contribution in [0.5, 0.6) is 0 Å². The van der Waals surface area contributed by atoms with Crippen molar-refractivity contribution in [2.45, 2.75) is 6.61 Å². The molecule has 0 bridgehead atoms. The van der Waals surface area contributed by atoms with Crippen molar-refractivity contribution in [3.05, 3.63) is 35.9 Å². The lowest BCUT2D eigenvalue weighted by atomic mass is 10.2. The first-order chi connectivity index (χ1) is 6.50. The average molecular weight is 216 g/mol. The van der Waals surface area contributed by atoms with E-state index in [1.807, 2.05) is 0 Å². The predicted molar refractivity (Wildman–Crippen MR) is 48.2 cm³/mol. The van der Waals surface area contributed by atoms with Crippen LogP contribution in [-0.4, -0.2) is 18.3 Å². The van der Waals surface area contributed by atoms with Crippen LogP contribution in [0.25, 0.3) is 0 Å². The molecule has 0 saturated carbocycles. The van der Waals surface area contributed by atoms with E-state index in [2.05, 4.69) is 4.74 Å². The number of hydrogen-bond donors (Lipinski definition) is 1. The fraction of sp³-hybridized carbons (Fsp3) is 0.125. The summed E-state index contributed by atoms with van der Waals surface area (Å²) >= 11 is 0. The Balaban J connectivity index is 2.55. The van der Waals surface area contributed by atoms with Crippen LogP contribution in [0.1, 0.15) is 5.56 Å². The van der Waals surface area contributed by atoms with E-state index in [9.17, 15) is 13.2 Å². The third-order valence-corrected chi connectivity index (χ3v) is 1.95. The van der Waals surface area contributed by atoms with Gasteiger partial charge in [-0.1, -0.05) is 30.3 Å². The van der Waals surface area contributed by atoms with E-state index in [4.69, 9.17) is 4.55 Å². The molecule has 1 aromatic carbocycles. The highest BCUT2D eigenvalue weighted by Crippen LogP contribution is 2.02. The Hall–Kier alpha value is -1.40. The second-order valence-electron chi connectivity index (χ2n) is 2.50. The summed E-state index contributed by atoms with van der Waals surface area (Å²) < 4.78 is 33.0. The number of benzene rings is 1. The number of carbonyl (C=O) groups excluding carboxylic acids is 1. The van der Waals surface area contributed by atoms with E-state index in [0.29, 0.717) is 5.56 Å². The van der Waals surface area contributed by atoms with Crippen LogP contribution < -0.4 is 0 Å². The molecule has 0 spiro atoms. The Bertz CT molecular complexity index is 409. The zero-order valence-corrected chi connectivity index (χ0v) is 7.90. The molecule has 5 nitrogen and oxygen atoms in total. The molecule has 1 aromatic rings. The number of ether oxygens (including phenoxy) is 1. The molecule has 0 heterocycles. The summed E-state index contributed by atoms with van der Waals surface area (Å²) in [6.07, 6.45) is 0. The normalized spacial score (nSPS) is 10.9. The Morgan fingerprint density at radius 1 is 1.29 bits per heavy atom. The van der Waals surface area contributed by atoms with Crippen LogP contribution in [0.15, 0.2) is 30.3 Å². The minimum Gasteiger partial charge on any atom is -0.448 e. The highest BCUT2D eigenvalue weighted by molar-refractivity contribution is 8.00. The first-order valence-electron chi connectivity index (χ1n) is 3.68. The maximum Gasteiger partial charge on any atom is 0.452 e. The van der Waals surface area contributed by atoms with Crippen LogP contribution in [0, 0.1) is 0 Å². The third-order valence-electron chi connectivity index (χ3n) is 1.41. The van der Waals surface area contributed by atoms with Gasteiger partial charge in [0.2, 0.25) is 0 Å². The van der Waals surface area contributed by atoms with Crippen molar-refractivity contribution in [2.24, 2.45) is 0 Å². The van der Waals surface area contributed by atoms with Crippen molar-refractivity contribution < 1.29 is 22.5 Å². The van der Waals surface area contributed by atoms with Crippen molar-refractivity contribution in [1.29, 1.82) is 0 Å². The minimum atomic E-state index is -4.73. The second-order valence-corrected chi connectivity index (χ2v) is 3.78. The molecule has 76 valence electrons. The molecule has 0 aliphatic carbocycles. The van der Waals surface area contributed by atoms with E-state index in [-0.39, 0.29) is 6.61 Å². The zero-order chi connectivity index (χ0) is 10.6. The van der Waals surface area contributed by atoms with Gasteiger partial charge in [-0.3, -0.25) is 4.55 Å². The average Bonchev–Trinajstić information content (AvgIpc) is 2.14. The summed E-state index contributed by atoms with van der Waals surface area (Å²) in [6.45, 7) is -0.181. The molecule has 0 aliphatic rings. The lowest BCUT2D eigenvalue weighted by Crippen LogP contribution is -2.14. The van der Waals surface area contributed by atoms with Crippen LogP contribution in [0.3, 0.4) is 0 Å². The van der Waals surface area contributed by atoms with E-state index >= 15 is 0 Å². The van der Waals surface area contributed by atoms with E-state index in [0.717, 1.165) is 0 Å². The van der Waals surface area contributed by atoms with Crippen LogP contribution >= 0.6 is 0 Å². The lowest BCUT2D eigenvalue weighted by molar-refractivity contribution is 0.163. The van der Waals surface area contributed by atoms with Crippen molar-refractivity contribution in [3.8, 4) is 0 Å². The standard InChI is InChI=1S/C8H8O5S/c9-8(14(10,11)12)13-6-7-4-2-1-3-5-7/h1-5H,6H2,(H,10,11,12). The molecule has 14 heavy (non-hydrogen) atoms. The minimum absolute atomic E-state index is 0.181. The Kier molecular flexibility index (Phi) is 3.21. The number of hydrogen-bond acceptors (Lipinski definition) is 4. The number of carbonyl (C=O) groups is 1. The van der Waals surface area contributed by atoms with Crippen molar-refractivity contribution in [1.82, 2.24) is 0 Å². The summed E-state index contributed by atoms with van der Waals surface area (Å²) in [5, 5.41) is -1.64. The van der Waals surface area contributed by atoms with Gasteiger partial charge in [-0.15, -0.1) is 0 Å². The molecule has 0 atom stereocenters. The van der Waals surface area contributed by atoms with Gasteiger partial charge >= 0.3 is 15.4 Å². The maximum atomic E-state index is 10.6. The molecule has 0 aromatic heterocycles. The topological polar surface area (TPSA) is 80.7 Å². The summed E-state index contributed by atoms with van der Waals surface area (Å²) in [6, 6.07) is 8.54. The van der Waals surface area contributed by atoms with E-state index in [1.165, 1.54) is 0 Å². The molecule has 0 saturated heterocycles. The van der Waals surface area contributed by atoms with Gasteiger partial charge in [0.15, 0.2) is 0 Å². The largest absolute Gasteiger partial charge is 0.452 e. The molecule has 6 heteroatoms. The Morgan fingerprint density at radius 2 is 1.86 bits per heavy atom. The van der Waals surface area contributed by atoms with Gasteiger partial charge in [0.25, 0.3) is 0 Å². The van der Waals surface area contributed by atoms with Gasteiger partial charge < -0.3 is 4.74 Å². The fourth-order valence-electron chi connectivity index (χ4n) is 0.791. The highest BCUT2D eigenvalue weighted by Gasteiger charge is 2.19. The molecule has 0 aliphatic heterocycles. The Labute approximate surface area is 81.1 Å². The second kappa shape index (κ2) is 4.21. The number of rotatable bonds is 2. The zero-order valence-electron chi connectivity index (χ0n) is 7.08. The van der Waals surface area contributed by atoms with Gasteiger partial charge in [0.05, 0.1) is 0 Å². The summed E-state index contributed by atoms with van der Waals surface area (Å²) in [5.41, 5.74) is 0.643. The third kappa shape index (κ3) is 3.15. The SMILES string of the molecule is O=C(OCc1ccccc1)S(=O)(=O)O. The lowest BCUT2D eigenvalue weighted by Gasteiger charge is -2.01. The maximum absolute atomic E-state index is 10.6. The van der Waals surface area contributed by atoms with E-state index < -0.39 is 15.4 Å². The molecular weight excluding hydrogens is 208 g/mol. The first-order valence-corrected chi connectivity index (χ1v) is 5.12. The van der Waals surface area contributed by atoms with Crippen LogP contribution in [-0.2, 0) is 21.5 Å². The summed E-state index contributed by atoms with van der Waals surface area (Å²) in [7, 11) is -4.73. The molecule has 0 fully saturated rings. The molecule has 1 N–H and O–H groups in total. The molecule has 0 amide bonds. The summed E-state index contributed by atoms with van der Waals surface area (Å²) in [5.74, 6) is 0. The van der Waals surface area contributed by atoms with Crippen molar-refractivity contribution >= 4 is 15.4 Å². The van der Waals surface area contributed by atoms with Gasteiger partial charge in [0, 0.05) is 0 Å². The van der Waals surface area contributed by atoms with Gasteiger partial charge in [0.1, 0.15) is 6.61 Å². The highest BCUT2D eigenvalue weighted by atomic mass is 32.2. The van der Waals surface area contributed by atoms with Crippen molar-refractivity contribution in [3.63, 3.8) is 0 Å². The van der Waals surface area contributed by atoms with Gasteiger partial charge in [-0.25, -0.2) is 4.79 Å². The quantitative estimate of drug-likeness (QED) is 0.593. The summed E-state index contributed by atoms with van der Waals surface area (Å²) in [4.78, 5) is 10.6. The Morgan fingerprint density at radius 3 is 2.36 bits per heavy atom. The molecule has 0 radical (unpaired) electrons. The predicted octanol–water partition coefficient (Wildman–Crippen LogP) is 1.21. The van der Waals surface area contributed by atoms with Gasteiger partial charge in [-0.2, -0.15) is 8.42 Å². The smallest absolute Gasteiger partial charge is 0.448 e. The molecular formula is C8H8O5S. The van der Waals surface area contributed by atoms with Crippen molar-refractivity contribution in [2.75, 3.05) is 0 Å². The van der Waals surface area contributed by atoms with Gasteiger partial charge in [-0.05, 0) is 5.56 Å². The fourth-order valence-corrected chi connectivity index (χ4v) is 0.999. The monoisotopic (exact) mass is 216 g/mol. The van der Waals surface area contributed by atoms with E-state index in [1.54, 1.807) is 30.3 Å². The molecule has 0 unspecified atom stereocenters.